The van der Waals surface area contributed by atoms with Crippen molar-refractivity contribution < 1.29 is 26.9 Å². The van der Waals surface area contributed by atoms with E-state index in [1.807, 2.05) is 0 Å². The number of hydrogen-bond acceptors (Lipinski definition) is 6. The maximum absolute atomic E-state index is 10.8. The molecular weight excluding hydrogens is 200 g/mol. The van der Waals surface area contributed by atoms with Gasteiger partial charge in [-0.05, 0) is 6.92 Å². The van der Waals surface area contributed by atoms with Crippen LogP contribution in [0.15, 0.2) is 0 Å². The molecule has 0 aromatic rings. The Labute approximate surface area is 75.9 Å². The van der Waals surface area contributed by atoms with Gasteiger partial charge in [0.2, 0.25) is 0 Å². The number of rotatable bonds is 3. The molecule has 0 aliphatic heterocycles. The van der Waals surface area contributed by atoms with Crippen molar-refractivity contribution in [2.75, 3.05) is 6.26 Å². The second-order valence-corrected chi connectivity index (χ2v) is 3.96. The molecule has 13 heavy (non-hydrogen) atoms. The van der Waals surface area contributed by atoms with E-state index in [1.54, 1.807) is 0 Å². The van der Waals surface area contributed by atoms with Crippen LogP contribution >= 0.6 is 0 Å². The average molecular weight is 210 g/mol. The predicted octanol–water partition coefficient (Wildman–Crippen LogP) is -0.559. The van der Waals surface area contributed by atoms with E-state index in [0.29, 0.717) is 0 Å². The normalized spacial score (nSPS) is 13.5. The predicted molar refractivity (Wildman–Crippen MR) is 42.2 cm³/mol. The minimum absolute atomic E-state index is 0.796. The van der Waals surface area contributed by atoms with E-state index in [9.17, 15) is 18.0 Å². The molecule has 6 nitrogen and oxygen atoms in total. The van der Waals surface area contributed by atoms with Gasteiger partial charge < -0.3 is 4.74 Å². The zero-order valence-corrected chi connectivity index (χ0v) is 8.25. The molecule has 0 amide bonds. The summed E-state index contributed by atoms with van der Waals surface area (Å²) in [6, 6.07) is 0. The fourth-order valence-electron chi connectivity index (χ4n) is 0.526. The lowest BCUT2D eigenvalue weighted by Crippen LogP contribution is -2.27. The average Bonchev–Trinajstić information content (AvgIpc) is 1.81. The van der Waals surface area contributed by atoms with Crippen LogP contribution in [0.1, 0.15) is 13.8 Å². The minimum atomic E-state index is -3.72. The van der Waals surface area contributed by atoms with Crippen LogP contribution in [0.25, 0.3) is 0 Å². The van der Waals surface area contributed by atoms with E-state index in [0.717, 1.165) is 13.2 Å². The van der Waals surface area contributed by atoms with Gasteiger partial charge in [-0.3, -0.25) is 8.98 Å². The number of carbonyl (C=O) groups excluding carboxylic acids is 2. The first kappa shape index (κ1) is 12.0. The minimum Gasteiger partial charge on any atom is -0.391 e. The van der Waals surface area contributed by atoms with Crippen molar-refractivity contribution in [2.45, 2.75) is 20.0 Å². The van der Waals surface area contributed by atoms with Gasteiger partial charge in [0.15, 0.2) is 6.10 Å². The Morgan fingerprint density at radius 1 is 1.31 bits per heavy atom. The molecule has 0 saturated heterocycles. The third kappa shape index (κ3) is 6.23. The van der Waals surface area contributed by atoms with Crippen LogP contribution in [-0.4, -0.2) is 32.7 Å². The van der Waals surface area contributed by atoms with Gasteiger partial charge in [0.05, 0.1) is 6.26 Å². The van der Waals surface area contributed by atoms with Crippen LogP contribution in [-0.2, 0) is 28.6 Å². The Morgan fingerprint density at radius 2 is 1.77 bits per heavy atom. The maximum Gasteiger partial charge on any atom is 0.344 e. The van der Waals surface area contributed by atoms with Crippen molar-refractivity contribution in [1.82, 2.24) is 0 Å². The Hall–Kier alpha value is -0.950. The van der Waals surface area contributed by atoms with Gasteiger partial charge in [0.25, 0.3) is 10.1 Å². The molecule has 0 radical (unpaired) electrons. The highest BCUT2D eigenvalue weighted by Gasteiger charge is 2.21. The van der Waals surface area contributed by atoms with Gasteiger partial charge in [-0.2, -0.15) is 8.42 Å². The summed E-state index contributed by atoms with van der Waals surface area (Å²) in [4.78, 5) is 21.1. The van der Waals surface area contributed by atoms with E-state index in [2.05, 4.69) is 8.92 Å². The van der Waals surface area contributed by atoms with Crippen molar-refractivity contribution in [3.63, 3.8) is 0 Å². The molecule has 1 unspecified atom stereocenters. The molecule has 0 aromatic carbocycles. The van der Waals surface area contributed by atoms with Crippen molar-refractivity contribution in [3.8, 4) is 0 Å². The molecule has 0 heterocycles. The molecule has 0 aliphatic carbocycles. The monoisotopic (exact) mass is 210 g/mol. The molecule has 0 saturated carbocycles. The van der Waals surface area contributed by atoms with Crippen LogP contribution in [0.3, 0.4) is 0 Å². The molecule has 0 aliphatic rings. The summed E-state index contributed by atoms with van der Waals surface area (Å²) in [6.45, 7) is 2.21. The topological polar surface area (TPSA) is 86.7 Å². The Kier molecular flexibility index (Phi) is 4.02. The molecule has 0 N–H and O–H groups in total. The molecule has 0 bridgehead atoms. The Bertz CT molecular complexity index is 303. The van der Waals surface area contributed by atoms with E-state index in [1.165, 1.54) is 6.92 Å². The SMILES string of the molecule is CC(=O)OC(=O)C(C)OS(C)(=O)=O. The summed E-state index contributed by atoms with van der Waals surface area (Å²) in [5.74, 6) is -1.84. The van der Waals surface area contributed by atoms with Crippen molar-refractivity contribution in [1.29, 1.82) is 0 Å². The highest BCUT2D eigenvalue weighted by atomic mass is 32.2. The summed E-state index contributed by atoms with van der Waals surface area (Å²) in [7, 11) is -3.72. The van der Waals surface area contributed by atoms with E-state index in [-0.39, 0.29) is 0 Å². The van der Waals surface area contributed by atoms with Crippen LogP contribution in [0, 0.1) is 0 Å². The number of hydrogen-bond donors (Lipinski definition) is 0. The summed E-state index contributed by atoms with van der Waals surface area (Å²) < 4.78 is 29.4. The molecule has 0 spiro atoms. The van der Waals surface area contributed by atoms with Crippen LogP contribution in [0.2, 0.25) is 0 Å². The molecule has 1 atom stereocenters. The fourth-order valence-corrected chi connectivity index (χ4v) is 1.13. The molecule has 7 heteroatoms. The van der Waals surface area contributed by atoms with Crippen molar-refractivity contribution in [3.05, 3.63) is 0 Å². The third-order valence-electron chi connectivity index (χ3n) is 0.895. The fraction of sp³-hybridized carbons (Fsp3) is 0.667. The van der Waals surface area contributed by atoms with Gasteiger partial charge in [0.1, 0.15) is 0 Å². The first-order valence-corrected chi connectivity index (χ1v) is 5.14. The summed E-state index contributed by atoms with van der Waals surface area (Å²) in [5.41, 5.74) is 0. The lowest BCUT2D eigenvalue weighted by Gasteiger charge is -2.07. The summed E-state index contributed by atoms with van der Waals surface area (Å²) >= 11 is 0. The number of carbonyl (C=O) groups is 2. The largest absolute Gasteiger partial charge is 0.391 e. The van der Waals surface area contributed by atoms with E-state index in [4.69, 9.17) is 0 Å². The first-order chi connectivity index (χ1) is 5.72. The highest BCUT2D eigenvalue weighted by molar-refractivity contribution is 7.86. The van der Waals surface area contributed by atoms with Gasteiger partial charge in [0, 0.05) is 6.92 Å². The van der Waals surface area contributed by atoms with Crippen molar-refractivity contribution in [2.24, 2.45) is 0 Å². The van der Waals surface area contributed by atoms with E-state index < -0.39 is 28.2 Å². The van der Waals surface area contributed by atoms with Crippen LogP contribution in [0.5, 0.6) is 0 Å². The van der Waals surface area contributed by atoms with E-state index >= 15 is 0 Å². The molecule has 0 rings (SSSR count). The summed E-state index contributed by atoms with van der Waals surface area (Å²) in [6.07, 6.45) is -0.510. The molecule has 76 valence electrons. The van der Waals surface area contributed by atoms with Crippen molar-refractivity contribution >= 4 is 22.1 Å². The Morgan fingerprint density at radius 3 is 2.08 bits per heavy atom. The van der Waals surface area contributed by atoms with Crippen LogP contribution in [0.4, 0.5) is 0 Å². The highest BCUT2D eigenvalue weighted by Crippen LogP contribution is 1.99. The zero-order chi connectivity index (χ0) is 10.6. The lowest BCUT2D eigenvalue weighted by molar-refractivity contribution is -0.162. The molecule has 0 fully saturated rings. The lowest BCUT2D eigenvalue weighted by atomic mass is 10.4. The summed E-state index contributed by atoms with van der Waals surface area (Å²) in [5, 5.41) is 0. The smallest absolute Gasteiger partial charge is 0.344 e. The number of ether oxygens (including phenoxy) is 1. The quantitative estimate of drug-likeness (QED) is 0.352. The Balaban J connectivity index is 4.20. The second kappa shape index (κ2) is 4.33. The molecule has 0 aromatic heterocycles. The van der Waals surface area contributed by atoms with Crippen LogP contribution < -0.4 is 0 Å². The van der Waals surface area contributed by atoms with Gasteiger partial charge in [-0.1, -0.05) is 0 Å². The first-order valence-electron chi connectivity index (χ1n) is 3.33. The maximum atomic E-state index is 10.8. The molecular formula is C6H10O6S. The second-order valence-electron chi connectivity index (χ2n) is 2.36. The van der Waals surface area contributed by atoms with Gasteiger partial charge in [-0.15, -0.1) is 0 Å². The zero-order valence-electron chi connectivity index (χ0n) is 7.44. The number of esters is 2. The third-order valence-corrected chi connectivity index (χ3v) is 1.53. The van der Waals surface area contributed by atoms with Gasteiger partial charge in [-0.25, -0.2) is 4.79 Å². The standard InChI is InChI=1S/C6H10O6S/c1-4(12-13(3,9)10)6(8)11-5(2)7/h4H,1-3H3. The van der Waals surface area contributed by atoms with Gasteiger partial charge >= 0.3 is 11.9 Å².